The van der Waals surface area contributed by atoms with Gasteiger partial charge in [-0.15, -0.1) is 0 Å². The SMILES string of the molecule is Cc1cc(-c2ccc(-c3ccc4ccc(-c5c6ccccc6c(-c6ccccc6)c6ccccc56)cc4c3)cc2)ccn1. The summed E-state index contributed by atoms with van der Waals surface area (Å²) in [6.45, 7) is 2.03. The maximum Gasteiger partial charge on any atom is 0.0378 e. The van der Waals surface area contributed by atoms with Gasteiger partial charge in [-0.05, 0) is 108 Å². The predicted molar refractivity (Wildman–Crippen MR) is 183 cm³/mol. The van der Waals surface area contributed by atoms with Crippen LogP contribution in [0.15, 0.2) is 158 Å². The summed E-state index contributed by atoms with van der Waals surface area (Å²) in [5.74, 6) is 0. The molecule has 0 saturated heterocycles. The first-order valence-corrected chi connectivity index (χ1v) is 14.8. The Morgan fingerprint density at radius 3 is 1.40 bits per heavy atom. The number of nitrogens with zero attached hydrogens (tertiary/aromatic N) is 1. The molecule has 0 bridgehead atoms. The van der Waals surface area contributed by atoms with Crippen LogP contribution in [0.2, 0.25) is 0 Å². The van der Waals surface area contributed by atoms with Gasteiger partial charge in [0.1, 0.15) is 0 Å². The number of fused-ring (bicyclic) bond motifs is 3. The molecule has 0 unspecified atom stereocenters. The fourth-order valence-electron chi connectivity index (χ4n) is 6.52. The molecule has 1 heterocycles. The molecule has 1 heteroatoms. The van der Waals surface area contributed by atoms with Crippen LogP contribution in [0.3, 0.4) is 0 Å². The lowest BCUT2D eigenvalue weighted by molar-refractivity contribution is 1.20. The molecule has 0 saturated carbocycles. The van der Waals surface area contributed by atoms with Crippen molar-refractivity contribution in [2.75, 3.05) is 0 Å². The lowest BCUT2D eigenvalue weighted by Crippen LogP contribution is -1.91. The van der Waals surface area contributed by atoms with Crippen LogP contribution in [-0.2, 0) is 0 Å². The molecule has 8 aromatic rings. The lowest BCUT2D eigenvalue weighted by Gasteiger charge is -2.18. The zero-order chi connectivity index (χ0) is 28.8. The van der Waals surface area contributed by atoms with Crippen LogP contribution < -0.4 is 0 Å². The summed E-state index contributed by atoms with van der Waals surface area (Å²) >= 11 is 0. The fourth-order valence-corrected chi connectivity index (χ4v) is 6.52. The number of benzene rings is 7. The van der Waals surface area contributed by atoms with E-state index < -0.39 is 0 Å². The standard InChI is InChI=1S/C42H29N/c1-28-25-34(23-24-43-28)30-17-15-29(16-18-30)33-21-19-31-20-22-35(27-36(31)26-33)42-39-13-7-5-11-37(39)41(32-9-3-2-4-10-32)38-12-6-8-14-40(38)42/h2-27H,1H3. The van der Waals surface area contributed by atoms with E-state index in [1.54, 1.807) is 0 Å². The molecule has 0 N–H and O–H groups in total. The average molecular weight is 548 g/mol. The third-order valence-electron chi connectivity index (χ3n) is 8.57. The zero-order valence-electron chi connectivity index (χ0n) is 24.0. The van der Waals surface area contributed by atoms with E-state index in [0.29, 0.717) is 0 Å². The second-order valence-corrected chi connectivity index (χ2v) is 11.2. The number of hydrogen-bond acceptors (Lipinski definition) is 1. The maximum atomic E-state index is 4.34. The molecule has 0 aliphatic carbocycles. The molecular formula is C42H29N. The van der Waals surface area contributed by atoms with Crippen LogP contribution in [0.5, 0.6) is 0 Å². The highest BCUT2D eigenvalue weighted by molar-refractivity contribution is 6.21. The molecular weight excluding hydrogens is 518 g/mol. The van der Waals surface area contributed by atoms with Crippen molar-refractivity contribution in [3.8, 4) is 44.5 Å². The van der Waals surface area contributed by atoms with E-state index in [0.717, 1.165) is 5.69 Å². The van der Waals surface area contributed by atoms with Crippen LogP contribution >= 0.6 is 0 Å². The summed E-state index contributed by atoms with van der Waals surface area (Å²) in [5, 5.41) is 7.59. The maximum absolute atomic E-state index is 4.34. The van der Waals surface area contributed by atoms with Gasteiger partial charge in [-0.3, -0.25) is 4.98 Å². The van der Waals surface area contributed by atoms with Crippen molar-refractivity contribution in [1.29, 1.82) is 0 Å². The number of hydrogen-bond donors (Lipinski definition) is 0. The summed E-state index contributed by atoms with van der Waals surface area (Å²) in [4.78, 5) is 4.34. The quantitative estimate of drug-likeness (QED) is 0.200. The molecule has 1 aromatic heterocycles. The number of rotatable bonds is 4. The van der Waals surface area contributed by atoms with Crippen LogP contribution in [-0.4, -0.2) is 4.98 Å². The van der Waals surface area contributed by atoms with Crippen LogP contribution in [0.4, 0.5) is 0 Å². The van der Waals surface area contributed by atoms with Crippen molar-refractivity contribution in [3.63, 3.8) is 0 Å². The smallest absolute Gasteiger partial charge is 0.0378 e. The van der Waals surface area contributed by atoms with Gasteiger partial charge in [-0.2, -0.15) is 0 Å². The van der Waals surface area contributed by atoms with Gasteiger partial charge >= 0.3 is 0 Å². The molecule has 0 amide bonds. The average Bonchev–Trinajstić information content (AvgIpc) is 3.07. The first-order chi connectivity index (χ1) is 21.2. The highest BCUT2D eigenvalue weighted by Gasteiger charge is 2.16. The Labute approximate surface area is 251 Å². The molecule has 7 aromatic carbocycles. The van der Waals surface area contributed by atoms with E-state index in [1.165, 1.54) is 76.8 Å². The third kappa shape index (κ3) is 4.47. The highest BCUT2D eigenvalue weighted by atomic mass is 14.6. The van der Waals surface area contributed by atoms with Crippen molar-refractivity contribution in [2.24, 2.45) is 0 Å². The number of aryl methyl sites for hydroxylation is 1. The second-order valence-electron chi connectivity index (χ2n) is 11.2. The van der Waals surface area contributed by atoms with Crippen molar-refractivity contribution in [3.05, 3.63) is 164 Å². The summed E-state index contributed by atoms with van der Waals surface area (Å²) < 4.78 is 0. The first kappa shape index (κ1) is 25.2. The molecule has 1 nitrogen and oxygen atoms in total. The number of pyridine rings is 1. The van der Waals surface area contributed by atoms with Crippen LogP contribution in [0, 0.1) is 6.92 Å². The topological polar surface area (TPSA) is 12.9 Å². The van der Waals surface area contributed by atoms with E-state index in [1.807, 2.05) is 13.1 Å². The normalized spacial score (nSPS) is 11.4. The molecule has 0 aliphatic heterocycles. The van der Waals surface area contributed by atoms with E-state index in [2.05, 4.69) is 157 Å². The molecule has 202 valence electrons. The molecule has 0 fully saturated rings. The molecule has 0 radical (unpaired) electrons. The van der Waals surface area contributed by atoms with Crippen LogP contribution in [0.25, 0.3) is 76.8 Å². The van der Waals surface area contributed by atoms with E-state index in [-0.39, 0.29) is 0 Å². The molecule has 0 spiro atoms. The second kappa shape index (κ2) is 10.4. The summed E-state index contributed by atoms with van der Waals surface area (Å²) in [7, 11) is 0. The van der Waals surface area contributed by atoms with Gasteiger partial charge in [0.2, 0.25) is 0 Å². The Kier molecular flexibility index (Phi) is 6.09. The molecule has 0 atom stereocenters. The van der Waals surface area contributed by atoms with Crippen molar-refractivity contribution >= 4 is 32.3 Å². The fraction of sp³-hybridized carbons (Fsp3) is 0.0238. The third-order valence-corrected chi connectivity index (χ3v) is 8.57. The van der Waals surface area contributed by atoms with Gasteiger partial charge in [0.15, 0.2) is 0 Å². The Balaban J connectivity index is 1.28. The summed E-state index contributed by atoms with van der Waals surface area (Å²) in [6, 6.07) is 55.2. The molecule has 0 aliphatic rings. The van der Waals surface area contributed by atoms with Crippen molar-refractivity contribution < 1.29 is 0 Å². The van der Waals surface area contributed by atoms with Crippen molar-refractivity contribution in [2.45, 2.75) is 6.92 Å². The van der Waals surface area contributed by atoms with E-state index in [9.17, 15) is 0 Å². The highest BCUT2D eigenvalue weighted by Crippen LogP contribution is 2.44. The van der Waals surface area contributed by atoms with E-state index >= 15 is 0 Å². The number of aromatic nitrogens is 1. The minimum atomic E-state index is 1.03. The Hall–Kier alpha value is -5.53. The van der Waals surface area contributed by atoms with Gasteiger partial charge in [-0.1, -0.05) is 127 Å². The van der Waals surface area contributed by atoms with Gasteiger partial charge in [-0.25, -0.2) is 0 Å². The summed E-state index contributed by atoms with van der Waals surface area (Å²) in [5.41, 5.74) is 10.9. The predicted octanol–water partition coefficient (Wildman–Crippen LogP) is 11.5. The van der Waals surface area contributed by atoms with Crippen LogP contribution in [0.1, 0.15) is 5.69 Å². The Morgan fingerprint density at radius 1 is 0.349 bits per heavy atom. The van der Waals surface area contributed by atoms with Gasteiger partial charge in [0.05, 0.1) is 0 Å². The van der Waals surface area contributed by atoms with Crippen molar-refractivity contribution in [1.82, 2.24) is 4.98 Å². The Bertz CT molecular complexity index is 2220. The van der Waals surface area contributed by atoms with Gasteiger partial charge < -0.3 is 0 Å². The Morgan fingerprint density at radius 2 is 0.814 bits per heavy atom. The van der Waals surface area contributed by atoms with E-state index in [4.69, 9.17) is 0 Å². The zero-order valence-corrected chi connectivity index (χ0v) is 24.0. The van der Waals surface area contributed by atoms with Gasteiger partial charge in [0.25, 0.3) is 0 Å². The molecule has 43 heavy (non-hydrogen) atoms. The largest absolute Gasteiger partial charge is 0.262 e. The first-order valence-electron chi connectivity index (χ1n) is 14.8. The molecule has 8 rings (SSSR count). The van der Waals surface area contributed by atoms with Gasteiger partial charge in [0, 0.05) is 11.9 Å². The minimum Gasteiger partial charge on any atom is -0.262 e. The minimum absolute atomic E-state index is 1.03. The summed E-state index contributed by atoms with van der Waals surface area (Å²) in [6.07, 6.45) is 1.88. The lowest BCUT2D eigenvalue weighted by atomic mass is 9.85. The monoisotopic (exact) mass is 547 g/mol.